The summed E-state index contributed by atoms with van der Waals surface area (Å²) in [5.74, 6) is -2.31. The third-order valence-corrected chi connectivity index (χ3v) is 4.22. The lowest BCUT2D eigenvalue weighted by atomic mass is 10.1. The normalized spacial score (nSPS) is 13.8. The number of nitrogens with one attached hydrogen (secondary N) is 2. The number of carbonyl (C=O) groups excluding carboxylic acids is 3. The Kier molecular flexibility index (Phi) is 6.33. The van der Waals surface area contributed by atoms with Crippen LogP contribution in [0.5, 0.6) is 17.2 Å². The minimum atomic E-state index is -4.78. The SMILES string of the molecule is CCOc1cc(C=C2C(=O)NC(=O)NC2=O)ccc1Oc1ccc(C(F)(F)F)cc1[N+](=O)[O-]. The van der Waals surface area contributed by atoms with Crippen LogP contribution in [0.1, 0.15) is 18.1 Å². The van der Waals surface area contributed by atoms with Crippen molar-refractivity contribution in [2.24, 2.45) is 0 Å². The molecule has 1 aliphatic heterocycles. The zero-order valence-electron chi connectivity index (χ0n) is 16.7. The first-order valence-electron chi connectivity index (χ1n) is 9.18. The van der Waals surface area contributed by atoms with Gasteiger partial charge in [0.05, 0.1) is 17.1 Å². The summed E-state index contributed by atoms with van der Waals surface area (Å²) in [6.45, 7) is 1.75. The molecule has 33 heavy (non-hydrogen) atoms. The second-order valence-corrected chi connectivity index (χ2v) is 6.47. The summed E-state index contributed by atoms with van der Waals surface area (Å²) in [5.41, 5.74) is -2.19. The first-order chi connectivity index (χ1) is 15.5. The molecule has 0 saturated carbocycles. The number of hydrogen-bond acceptors (Lipinski definition) is 7. The molecule has 172 valence electrons. The van der Waals surface area contributed by atoms with E-state index < -0.39 is 45.9 Å². The summed E-state index contributed by atoms with van der Waals surface area (Å²) in [7, 11) is 0. The van der Waals surface area contributed by atoms with Crippen LogP contribution in [-0.2, 0) is 15.8 Å². The van der Waals surface area contributed by atoms with Crippen molar-refractivity contribution in [2.45, 2.75) is 13.1 Å². The number of halogens is 3. The predicted molar refractivity (Wildman–Crippen MR) is 105 cm³/mol. The van der Waals surface area contributed by atoms with Crippen LogP contribution in [0.3, 0.4) is 0 Å². The molecular weight excluding hydrogens is 451 g/mol. The van der Waals surface area contributed by atoms with Crippen LogP contribution in [0.25, 0.3) is 6.08 Å². The fourth-order valence-corrected chi connectivity index (χ4v) is 2.78. The van der Waals surface area contributed by atoms with Crippen molar-refractivity contribution in [3.8, 4) is 17.2 Å². The highest BCUT2D eigenvalue weighted by atomic mass is 19.4. The van der Waals surface area contributed by atoms with Crippen LogP contribution in [-0.4, -0.2) is 29.4 Å². The van der Waals surface area contributed by atoms with Gasteiger partial charge in [-0.05, 0) is 42.8 Å². The van der Waals surface area contributed by atoms with Gasteiger partial charge in [-0.25, -0.2) is 4.79 Å². The number of amides is 4. The van der Waals surface area contributed by atoms with E-state index in [0.717, 1.165) is 6.07 Å². The molecule has 0 unspecified atom stereocenters. The minimum absolute atomic E-state index is 0.0359. The first kappa shape index (κ1) is 23.2. The molecule has 0 spiro atoms. The number of carbonyl (C=O) groups is 3. The van der Waals surface area contributed by atoms with Crippen LogP contribution >= 0.6 is 0 Å². The topological polar surface area (TPSA) is 137 Å². The molecule has 3 rings (SSSR count). The molecule has 0 radical (unpaired) electrons. The summed E-state index contributed by atoms with van der Waals surface area (Å²) < 4.78 is 49.6. The summed E-state index contributed by atoms with van der Waals surface area (Å²) in [6.07, 6.45) is -3.61. The summed E-state index contributed by atoms with van der Waals surface area (Å²) in [5, 5.41) is 15.1. The second-order valence-electron chi connectivity index (χ2n) is 6.47. The summed E-state index contributed by atoms with van der Waals surface area (Å²) in [4.78, 5) is 45.2. The van der Waals surface area contributed by atoms with E-state index in [1.165, 1.54) is 24.3 Å². The first-order valence-corrected chi connectivity index (χ1v) is 9.18. The van der Waals surface area contributed by atoms with Crippen molar-refractivity contribution in [2.75, 3.05) is 6.61 Å². The molecule has 0 atom stereocenters. The Bertz CT molecular complexity index is 1170. The molecule has 0 aliphatic carbocycles. The standard InChI is InChI=1S/C20H14F3N3O7/c1-2-32-16-8-10(7-12-17(27)24-19(29)25-18(12)28)3-5-15(16)33-14-6-4-11(20(21,22)23)9-13(14)26(30)31/h3-9H,2H2,1H3,(H2,24,25,27,28,29). The molecule has 1 aliphatic rings. The van der Waals surface area contributed by atoms with Crippen LogP contribution in [0.2, 0.25) is 0 Å². The maximum atomic E-state index is 12.9. The monoisotopic (exact) mass is 465 g/mol. The lowest BCUT2D eigenvalue weighted by Crippen LogP contribution is -2.51. The Hall–Kier alpha value is -4.42. The number of barbiturate groups is 1. The van der Waals surface area contributed by atoms with Gasteiger partial charge in [-0.15, -0.1) is 0 Å². The molecule has 13 heteroatoms. The van der Waals surface area contributed by atoms with Crippen molar-refractivity contribution in [1.82, 2.24) is 10.6 Å². The Morgan fingerprint density at radius 2 is 1.64 bits per heavy atom. The quantitative estimate of drug-likeness (QED) is 0.288. The molecule has 0 aromatic heterocycles. The van der Waals surface area contributed by atoms with Crippen LogP contribution in [0, 0.1) is 10.1 Å². The number of imide groups is 2. The Labute approximate surface area is 183 Å². The highest BCUT2D eigenvalue weighted by Gasteiger charge is 2.33. The average Bonchev–Trinajstić information content (AvgIpc) is 2.72. The van der Waals surface area contributed by atoms with Gasteiger partial charge in [-0.1, -0.05) is 6.07 Å². The lowest BCUT2D eigenvalue weighted by Gasteiger charge is -2.15. The van der Waals surface area contributed by atoms with E-state index in [9.17, 15) is 37.7 Å². The highest BCUT2D eigenvalue weighted by molar-refractivity contribution is 6.31. The van der Waals surface area contributed by atoms with Crippen molar-refractivity contribution >= 4 is 29.6 Å². The van der Waals surface area contributed by atoms with E-state index >= 15 is 0 Å². The van der Waals surface area contributed by atoms with Crippen molar-refractivity contribution < 1.29 is 42.0 Å². The molecular formula is C20H14F3N3O7. The number of nitrogens with zero attached hydrogens (tertiary/aromatic N) is 1. The number of alkyl halides is 3. The summed E-state index contributed by atoms with van der Waals surface area (Å²) >= 11 is 0. The highest BCUT2D eigenvalue weighted by Crippen LogP contribution is 2.40. The van der Waals surface area contributed by atoms with Crippen LogP contribution in [0.15, 0.2) is 42.0 Å². The largest absolute Gasteiger partial charge is 0.490 e. The molecule has 0 bridgehead atoms. The maximum Gasteiger partial charge on any atom is 0.416 e. The van der Waals surface area contributed by atoms with Gasteiger partial charge in [-0.3, -0.25) is 30.3 Å². The van der Waals surface area contributed by atoms with E-state index in [1.54, 1.807) is 6.92 Å². The van der Waals surface area contributed by atoms with Gasteiger partial charge in [0.25, 0.3) is 11.8 Å². The molecule has 10 nitrogen and oxygen atoms in total. The molecule has 2 aromatic rings. The molecule has 1 heterocycles. The van der Waals surface area contributed by atoms with Gasteiger partial charge in [-0.2, -0.15) is 13.2 Å². The Balaban J connectivity index is 1.98. The Morgan fingerprint density at radius 1 is 1.00 bits per heavy atom. The van der Waals surface area contributed by atoms with Crippen LogP contribution < -0.4 is 20.1 Å². The number of urea groups is 1. The fourth-order valence-electron chi connectivity index (χ4n) is 2.78. The number of rotatable bonds is 6. The van der Waals surface area contributed by atoms with Gasteiger partial charge in [0.2, 0.25) is 5.75 Å². The van der Waals surface area contributed by atoms with Gasteiger partial charge >= 0.3 is 17.9 Å². The van der Waals surface area contributed by atoms with E-state index in [1.807, 2.05) is 10.6 Å². The smallest absolute Gasteiger partial charge is 0.416 e. The van der Waals surface area contributed by atoms with Gasteiger partial charge in [0.15, 0.2) is 11.5 Å². The molecule has 2 N–H and O–H groups in total. The lowest BCUT2D eigenvalue weighted by molar-refractivity contribution is -0.385. The maximum absolute atomic E-state index is 12.9. The number of ether oxygens (including phenoxy) is 2. The third-order valence-electron chi connectivity index (χ3n) is 4.22. The van der Waals surface area contributed by atoms with Gasteiger partial charge in [0.1, 0.15) is 5.57 Å². The number of hydrogen-bond donors (Lipinski definition) is 2. The zero-order chi connectivity index (χ0) is 24.3. The van der Waals surface area contributed by atoms with E-state index in [0.29, 0.717) is 12.1 Å². The van der Waals surface area contributed by atoms with Crippen LogP contribution in [0.4, 0.5) is 23.7 Å². The second kappa shape index (κ2) is 8.98. The minimum Gasteiger partial charge on any atom is -0.490 e. The number of nitro benzene ring substituents is 1. The van der Waals surface area contributed by atoms with Gasteiger partial charge in [0, 0.05) is 6.07 Å². The van der Waals surface area contributed by atoms with E-state index in [2.05, 4.69) is 0 Å². The van der Waals surface area contributed by atoms with E-state index in [4.69, 9.17) is 9.47 Å². The Morgan fingerprint density at radius 3 is 2.21 bits per heavy atom. The van der Waals surface area contributed by atoms with Crippen molar-refractivity contribution in [3.05, 3.63) is 63.2 Å². The summed E-state index contributed by atoms with van der Waals surface area (Å²) in [6, 6.07) is 4.87. The predicted octanol–water partition coefficient (Wildman–Crippen LogP) is 3.55. The average molecular weight is 465 g/mol. The van der Waals surface area contributed by atoms with Crippen molar-refractivity contribution in [3.63, 3.8) is 0 Å². The zero-order valence-corrected chi connectivity index (χ0v) is 16.7. The van der Waals surface area contributed by atoms with E-state index in [-0.39, 0.29) is 29.2 Å². The molecule has 1 fully saturated rings. The fraction of sp³-hybridized carbons (Fsp3) is 0.150. The molecule has 2 aromatic carbocycles. The number of nitro groups is 1. The van der Waals surface area contributed by atoms with Gasteiger partial charge < -0.3 is 9.47 Å². The van der Waals surface area contributed by atoms with Crippen molar-refractivity contribution in [1.29, 1.82) is 0 Å². The molecule has 1 saturated heterocycles. The molecule has 4 amide bonds. The third kappa shape index (κ3) is 5.26. The number of benzene rings is 2.